The molecule has 3 heterocycles. The Morgan fingerprint density at radius 3 is 2.56 bits per heavy atom. The van der Waals surface area contributed by atoms with Crippen molar-refractivity contribution in [3.05, 3.63) is 74.9 Å². The molecule has 34 heavy (non-hydrogen) atoms. The highest BCUT2D eigenvalue weighted by molar-refractivity contribution is 7.92. The molecule has 3 aromatic rings. The van der Waals surface area contributed by atoms with Crippen molar-refractivity contribution < 1.29 is 13.2 Å². The fraction of sp³-hybridized carbons (Fsp3) is 0.280. The second kappa shape index (κ2) is 9.62. The summed E-state index contributed by atoms with van der Waals surface area (Å²) < 4.78 is 28.0. The quantitative estimate of drug-likeness (QED) is 0.473. The number of nitrogens with zero attached hydrogens (tertiary/aromatic N) is 2. The molecule has 0 spiro atoms. The van der Waals surface area contributed by atoms with Crippen LogP contribution in [0.3, 0.4) is 0 Å². The van der Waals surface area contributed by atoms with E-state index in [1.54, 1.807) is 18.3 Å². The number of carbonyl (C=O) groups is 1. The summed E-state index contributed by atoms with van der Waals surface area (Å²) in [4.78, 5) is 19.7. The van der Waals surface area contributed by atoms with E-state index in [1.807, 2.05) is 24.3 Å². The number of amides is 1. The first kappa shape index (κ1) is 24.6. The maximum absolute atomic E-state index is 12.9. The van der Waals surface area contributed by atoms with Gasteiger partial charge in [0.2, 0.25) is 15.9 Å². The normalized spacial score (nSPS) is 17.1. The summed E-state index contributed by atoms with van der Waals surface area (Å²) in [6.07, 6.45) is 3.60. The van der Waals surface area contributed by atoms with Crippen LogP contribution in [0.4, 0.5) is 5.82 Å². The Labute approximate surface area is 209 Å². The summed E-state index contributed by atoms with van der Waals surface area (Å²) >= 11 is 7.15. The smallest absolute Gasteiger partial charge is 0.246 e. The van der Waals surface area contributed by atoms with E-state index in [-0.39, 0.29) is 11.3 Å². The lowest BCUT2D eigenvalue weighted by Gasteiger charge is -2.23. The van der Waals surface area contributed by atoms with Crippen LogP contribution >= 0.6 is 22.9 Å². The van der Waals surface area contributed by atoms with E-state index in [2.05, 4.69) is 42.6 Å². The van der Waals surface area contributed by atoms with Gasteiger partial charge in [0.25, 0.3) is 0 Å². The molecule has 1 saturated heterocycles. The lowest BCUT2D eigenvalue weighted by atomic mass is 9.82. The third-order valence-electron chi connectivity index (χ3n) is 5.59. The molecule has 178 valence electrons. The van der Waals surface area contributed by atoms with Gasteiger partial charge in [0, 0.05) is 28.6 Å². The fourth-order valence-corrected chi connectivity index (χ4v) is 5.99. The third-order valence-corrected chi connectivity index (χ3v) is 7.89. The van der Waals surface area contributed by atoms with Crippen LogP contribution in [0.1, 0.15) is 37.6 Å². The van der Waals surface area contributed by atoms with Crippen LogP contribution in [0.25, 0.3) is 17.2 Å². The van der Waals surface area contributed by atoms with Crippen LogP contribution in [0.2, 0.25) is 4.34 Å². The van der Waals surface area contributed by atoms with Gasteiger partial charge < -0.3 is 0 Å². The average molecular weight is 516 g/mol. The summed E-state index contributed by atoms with van der Waals surface area (Å²) in [5.41, 5.74) is 3.27. The molecule has 4 rings (SSSR count). The first-order valence-corrected chi connectivity index (χ1v) is 13.6. The number of hydrogen-bond donors (Lipinski definition) is 1. The number of sulfonamides is 1. The van der Waals surface area contributed by atoms with E-state index < -0.39 is 16.1 Å². The molecule has 0 bridgehead atoms. The zero-order valence-corrected chi connectivity index (χ0v) is 21.5. The van der Waals surface area contributed by atoms with Crippen molar-refractivity contribution in [3.63, 3.8) is 0 Å². The van der Waals surface area contributed by atoms with Crippen LogP contribution in [-0.4, -0.2) is 31.9 Å². The molecule has 9 heteroatoms. The Morgan fingerprint density at radius 2 is 1.91 bits per heavy atom. The van der Waals surface area contributed by atoms with E-state index in [0.717, 1.165) is 16.5 Å². The van der Waals surface area contributed by atoms with Gasteiger partial charge in [0.15, 0.2) is 0 Å². The average Bonchev–Trinajstić information content (AvgIpc) is 3.37. The standard InChI is InChI=1S/C25H26ClN3O3S2/c1-25(2,3)20-7-5-4-6-19(20)17-8-11-23(27-16-17)29-14-12-21(24(29)30)28-34(31,32)15-13-18-9-10-22(26)33-18/h4-11,13,15-16,21,28H,12,14H2,1-3H3/t21-/m0/s1. The Hall–Kier alpha value is -2.52. The zero-order chi connectivity index (χ0) is 24.5. The van der Waals surface area contributed by atoms with Crippen molar-refractivity contribution in [1.29, 1.82) is 0 Å². The molecule has 6 nitrogen and oxygen atoms in total. The minimum Gasteiger partial charge on any atom is -0.295 e. The van der Waals surface area contributed by atoms with Crippen LogP contribution in [0.5, 0.6) is 0 Å². The number of aromatic nitrogens is 1. The predicted octanol–water partition coefficient (Wildman–Crippen LogP) is 5.46. The maximum Gasteiger partial charge on any atom is 0.246 e. The Balaban J connectivity index is 1.47. The van der Waals surface area contributed by atoms with Crippen molar-refractivity contribution in [2.24, 2.45) is 0 Å². The lowest BCUT2D eigenvalue weighted by Crippen LogP contribution is -2.40. The molecule has 1 N–H and O–H groups in total. The highest BCUT2D eigenvalue weighted by atomic mass is 35.5. The topological polar surface area (TPSA) is 79.4 Å². The van der Waals surface area contributed by atoms with Gasteiger partial charge in [-0.15, -0.1) is 11.3 Å². The summed E-state index contributed by atoms with van der Waals surface area (Å²) in [6, 6.07) is 14.6. The largest absolute Gasteiger partial charge is 0.295 e. The van der Waals surface area contributed by atoms with Crippen LogP contribution in [-0.2, 0) is 20.2 Å². The van der Waals surface area contributed by atoms with Crippen LogP contribution in [0.15, 0.2) is 60.1 Å². The molecule has 0 saturated carbocycles. The maximum atomic E-state index is 12.9. The zero-order valence-electron chi connectivity index (χ0n) is 19.2. The number of thiophene rings is 1. The molecule has 1 aliphatic rings. The van der Waals surface area contributed by atoms with Gasteiger partial charge >= 0.3 is 0 Å². The van der Waals surface area contributed by atoms with E-state index in [9.17, 15) is 13.2 Å². The fourth-order valence-electron chi connectivity index (χ4n) is 3.92. The van der Waals surface area contributed by atoms with E-state index in [4.69, 9.17) is 11.6 Å². The number of nitrogens with one attached hydrogen (secondary N) is 1. The Morgan fingerprint density at radius 1 is 1.15 bits per heavy atom. The van der Waals surface area contributed by atoms with Gasteiger partial charge in [0.1, 0.15) is 11.9 Å². The van der Waals surface area contributed by atoms with Gasteiger partial charge in [-0.25, -0.2) is 13.4 Å². The minimum absolute atomic E-state index is 0.0191. The number of pyridine rings is 1. The molecule has 0 unspecified atom stereocenters. The van der Waals surface area contributed by atoms with Crippen molar-refractivity contribution in [2.45, 2.75) is 38.6 Å². The number of benzene rings is 1. The SMILES string of the molecule is CC(C)(C)c1ccccc1-c1ccc(N2CC[C@H](NS(=O)(=O)C=Cc3ccc(Cl)s3)C2=O)nc1. The van der Waals surface area contributed by atoms with Gasteiger partial charge in [-0.05, 0) is 53.3 Å². The van der Waals surface area contributed by atoms with Crippen LogP contribution < -0.4 is 9.62 Å². The molecule has 2 aromatic heterocycles. The molecule has 0 radical (unpaired) electrons. The van der Waals surface area contributed by atoms with E-state index in [0.29, 0.717) is 28.0 Å². The molecule has 1 fully saturated rings. The summed E-state index contributed by atoms with van der Waals surface area (Å²) in [5.74, 6) is 0.193. The van der Waals surface area contributed by atoms with Crippen molar-refractivity contribution in [2.75, 3.05) is 11.4 Å². The number of carbonyl (C=O) groups excluding carboxylic acids is 1. The molecule has 1 amide bonds. The summed E-state index contributed by atoms with van der Waals surface area (Å²) in [6.45, 7) is 6.90. The molecule has 0 aliphatic carbocycles. The van der Waals surface area contributed by atoms with E-state index in [1.165, 1.54) is 27.9 Å². The van der Waals surface area contributed by atoms with Crippen LogP contribution in [0, 0.1) is 0 Å². The molecular formula is C25H26ClN3O3S2. The molecule has 1 atom stereocenters. The minimum atomic E-state index is -3.79. The third kappa shape index (κ3) is 5.58. The van der Waals surface area contributed by atoms with Crippen molar-refractivity contribution >= 4 is 50.8 Å². The summed E-state index contributed by atoms with van der Waals surface area (Å²) in [7, 11) is -3.79. The highest BCUT2D eigenvalue weighted by Crippen LogP contribution is 2.33. The van der Waals surface area contributed by atoms with Gasteiger partial charge in [0.05, 0.1) is 4.34 Å². The Kier molecular flexibility index (Phi) is 6.96. The first-order chi connectivity index (χ1) is 16.0. The van der Waals surface area contributed by atoms with Gasteiger partial charge in [-0.2, -0.15) is 4.72 Å². The molecule has 1 aliphatic heterocycles. The lowest BCUT2D eigenvalue weighted by molar-refractivity contribution is -0.118. The van der Waals surface area contributed by atoms with Crippen molar-refractivity contribution in [3.8, 4) is 11.1 Å². The second-order valence-electron chi connectivity index (χ2n) is 9.14. The van der Waals surface area contributed by atoms with Gasteiger partial charge in [-0.1, -0.05) is 56.6 Å². The highest BCUT2D eigenvalue weighted by Gasteiger charge is 2.35. The number of hydrogen-bond acceptors (Lipinski definition) is 5. The van der Waals surface area contributed by atoms with E-state index >= 15 is 0 Å². The first-order valence-electron chi connectivity index (χ1n) is 10.9. The number of rotatable bonds is 6. The Bertz CT molecular complexity index is 1330. The second-order valence-corrected chi connectivity index (χ2v) is 12.5. The van der Waals surface area contributed by atoms with Crippen molar-refractivity contribution in [1.82, 2.24) is 9.71 Å². The monoisotopic (exact) mass is 515 g/mol. The number of halogens is 1. The number of anilines is 1. The predicted molar refractivity (Wildman–Crippen MR) is 140 cm³/mol. The molecule has 1 aromatic carbocycles. The molecular weight excluding hydrogens is 490 g/mol. The van der Waals surface area contributed by atoms with Gasteiger partial charge in [-0.3, -0.25) is 9.69 Å². The summed E-state index contributed by atoms with van der Waals surface area (Å²) in [5, 5.41) is 1.06.